The zero-order chi connectivity index (χ0) is 22.8. The highest BCUT2D eigenvalue weighted by Crippen LogP contribution is 2.39. The number of amides is 1. The third-order valence-corrected chi connectivity index (χ3v) is 6.18. The second-order valence-corrected chi connectivity index (χ2v) is 8.16. The molecule has 2 aliphatic heterocycles. The first-order valence-electron chi connectivity index (χ1n) is 11.1. The molecule has 8 nitrogen and oxygen atoms in total. The predicted octanol–water partition coefficient (Wildman–Crippen LogP) is 3.54. The van der Waals surface area contributed by atoms with Crippen molar-refractivity contribution in [2.24, 2.45) is 5.92 Å². The molecule has 0 aliphatic carbocycles. The monoisotopic (exact) mass is 447 g/mol. The number of likely N-dealkylation sites (tertiary alicyclic amines) is 1. The number of hydrogen-bond acceptors (Lipinski definition) is 6. The van der Waals surface area contributed by atoms with Crippen molar-refractivity contribution in [1.82, 2.24) is 15.1 Å². The zero-order valence-electron chi connectivity index (χ0n) is 18.4. The predicted molar refractivity (Wildman–Crippen MR) is 121 cm³/mol. The number of aromatic amines is 1. The molecule has 2 aliphatic rings. The summed E-state index contributed by atoms with van der Waals surface area (Å²) in [5, 5.41) is 7.53. The SMILES string of the molecule is COC(=O)C1CCN(C(=O)c2ccc(-c3cc(-c4cccc5c4OCCO5)[nH]n3)cc2)CC1. The van der Waals surface area contributed by atoms with Crippen LogP contribution < -0.4 is 9.47 Å². The van der Waals surface area contributed by atoms with E-state index in [0.717, 1.165) is 34.0 Å². The summed E-state index contributed by atoms with van der Waals surface area (Å²) in [5.74, 6) is 1.10. The van der Waals surface area contributed by atoms with Crippen molar-refractivity contribution in [1.29, 1.82) is 0 Å². The highest BCUT2D eigenvalue weighted by atomic mass is 16.6. The molecular formula is C25H25N3O5. The van der Waals surface area contributed by atoms with Crippen LogP contribution in [0.25, 0.3) is 22.5 Å². The molecule has 0 spiro atoms. The van der Waals surface area contributed by atoms with E-state index in [9.17, 15) is 9.59 Å². The number of H-pyrrole nitrogens is 1. The van der Waals surface area contributed by atoms with Crippen LogP contribution >= 0.6 is 0 Å². The van der Waals surface area contributed by atoms with Crippen molar-refractivity contribution >= 4 is 11.9 Å². The highest BCUT2D eigenvalue weighted by molar-refractivity contribution is 5.95. The molecule has 0 bridgehead atoms. The number of nitrogens with zero attached hydrogens (tertiary/aromatic N) is 2. The lowest BCUT2D eigenvalue weighted by Gasteiger charge is -2.30. The molecule has 1 fully saturated rings. The summed E-state index contributed by atoms with van der Waals surface area (Å²) < 4.78 is 16.3. The number of hydrogen-bond donors (Lipinski definition) is 1. The number of aromatic nitrogens is 2. The minimum absolute atomic E-state index is 0.0272. The fraction of sp³-hybridized carbons (Fsp3) is 0.320. The quantitative estimate of drug-likeness (QED) is 0.615. The van der Waals surface area contributed by atoms with Crippen molar-refractivity contribution < 1.29 is 23.8 Å². The zero-order valence-corrected chi connectivity index (χ0v) is 18.4. The molecule has 1 aromatic heterocycles. The van der Waals surface area contributed by atoms with Gasteiger partial charge in [-0.1, -0.05) is 18.2 Å². The fourth-order valence-electron chi connectivity index (χ4n) is 4.34. The molecule has 0 saturated carbocycles. The Bertz CT molecular complexity index is 1160. The molecule has 0 radical (unpaired) electrons. The van der Waals surface area contributed by atoms with E-state index < -0.39 is 0 Å². The molecule has 2 aromatic carbocycles. The third kappa shape index (κ3) is 4.16. The Hall–Kier alpha value is -3.81. The number of ether oxygens (including phenoxy) is 3. The Morgan fingerprint density at radius 3 is 2.58 bits per heavy atom. The Morgan fingerprint density at radius 1 is 1.06 bits per heavy atom. The topological polar surface area (TPSA) is 93.8 Å². The number of methoxy groups -OCH3 is 1. The van der Waals surface area contributed by atoms with Gasteiger partial charge in [-0.2, -0.15) is 5.10 Å². The van der Waals surface area contributed by atoms with Gasteiger partial charge in [0.2, 0.25) is 0 Å². The molecule has 1 amide bonds. The number of carbonyl (C=O) groups is 2. The second kappa shape index (κ2) is 8.97. The minimum atomic E-state index is -0.195. The van der Waals surface area contributed by atoms with Crippen LogP contribution in [0.1, 0.15) is 23.2 Å². The van der Waals surface area contributed by atoms with Gasteiger partial charge in [0.15, 0.2) is 11.5 Å². The molecule has 0 atom stereocenters. The first-order chi connectivity index (χ1) is 16.1. The number of para-hydroxylation sites is 1. The summed E-state index contributed by atoms with van der Waals surface area (Å²) in [7, 11) is 1.40. The van der Waals surface area contributed by atoms with Crippen LogP contribution in [0, 0.1) is 5.92 Å². The van der Waals surface area contributed by atoms with E-state index in [0.29, 0.717) is 44.7 Å². The van der Waals surface area contributed by atoms with Crippen LogP contribution in [-0.2, 0) is 9.53 Å². The molecule has 1 saturated heterocycles. The summed E-state index contributed by atoms with van der Waals surface area (Å²) in [6, 6.07) is 15.2. The largest absolute Gasteiger partial charge is 0.486 e. The second-order valence-electron chi connectivity index (χ2n) is 8.16. The van der Waals surface area contributed by atoms with Crippen molar-refractivity contribution in [3.63, 3.8) is 0 Å². The number of piperidine rings is 1. The summed E-state index contributed by atoms with van der Waals surface area (Å²) in [6.07, 6.45) is 1.26. The van der Waals surface area contributed by atoms with Gasteiger partial charge in [0.25, 0.3) is 5.91 Å². The van der Waals surface area contributed by atoms with Gasteiger partial charge in [-0.3, -0.25) is 14.7 Å². The smallest absolute Gasteiger partial charge is 0.308 e. The van der Waals surface area contributed by atoms with Gasteiger partial charge in [-0.25, -0.2) is 0 Å². The van der Waals surface area contributed by atoms with Gasteiger partial charge in [-0.05, 0) is 43.2 Å². The lowest BCUT2D eigenvalue weighted by atomic mass is 9.96. The van der Waals surface area contributed by atoms with Crippen LogP contribution in [-0.4, -0.2) is 60.4 Å². The van der Waals surface area contributed by atoms with Gasteiger partial charge in [0.05, 0.1) is 24.4 Å². The maximum Gasteiger partial charge on any atom is 0.308 e. The van der Waals surface area contributed by atoms with E-state index in [1.165, 1.54) is 7.11 Å². The van der Waals surface area contributed by atoms with Crippen LogP contribution in [0.5, 0.6) is 11.5 Å². The van der Waals surface area contributed by atoms with E-state index in [1.807, 2.05) is 48.5 Å². The Morgan fingerprint density at radius 2 is 1.82 bits per heavy atom. The molecule has 5 rings (SSSR count). The van der Waals surface area contributed by atoms with Crippen molar-refractivity contribution in [3.05, 3.63) is 54.1 Å². The summed E-state index contributed by atoms with van der Waals surface area (Å²) in [6.45, 7) is 2.16. The maximum atomic E-state index is 12.9. The standard InChI is InChI=1S/C25H25N3O5/c1-31-25(30)18-9-11-28(12-10-18)24(29)17-7-5-16(6-8-17)20-15-21(27-26-20)19-3-2-4-22-23(19)33-14-13-32-22/h2-8,15,18H,9-14H2,1H3,(H,26,27). The summed E-state index contributed by atoms with van der Waals surface area (Å²) in [4.78, 5) is 26.4. The highest BCUT2D eigenvalue weighted by Gasteiger charge is 2.28. The number of esters is 1. The van der Waals surface area contributed by atoms with Crippen molar-refractivity contribution in [2.75, 3.05) is 33.4 Å². The fourth-order valence-corrected chi connectivity index (χ4v) is 4.34. The first-order valence-corrected chi connectivity index (χ1v) is 11.1. The molecule has 3 aromatic rings. The Labute approximate surface area is 191 Å². The summed E-state index contributed by atoms with van der Waals surface area (Å²) in [5.41, 5.74) is 4.03. The van der Waals surface area contributed by atoms with Gasteiger partial charge in [0, 0.05) is 29.8 Å². The van der Waals surface area contributed by atoms with Gasteiger partial charge in [0.1, 0.15) is 13.2 Å². The first kappa shape index (κ1) is 21.1. The van der Waals surface area contributed by atoms with Gasteiger partial charge >= 0.3 is 5.97 Å². The third-order valence-electron chi connectivity index (χ3n) is 6.18. The molecule has 1 N–H and O–H groups in total. The number of benzene rings is 2. The number of fused-ring (bicyclic) bond motifs is 1. The molecular weight excluding hydrogens is 422 g/mol. The lowest BCUT2D eigenvalue weighted by Crippen LogP contribution is -2.40. The van der Waals surface area contributed by atoms with E-state index in [2.05, 4.69) is 10.2 Å². The van der Waals surface area contributed by atoms with Crippen LogP contribution in [0.3, 0.4) is 0 Å². The van der Waals surface area contributed by atoms with E-state index in [-0.39, 0.29) is 17.8 Å². The van der Waals surface area contributed by atoms with E-state index in [1.54, 1.807) is 4.90 Å². The number of rotatable bonds is 4. The van der Waals surface area contributed by atoms with Crippen LogP contribution in [0.2, 0.25) is 0 Å². The lowest BCUT2D eigenvalue weighted by molar-refractivity contribution is -0.146. The minimum Gasteiger partial charge on any atom is -0.486 e. The maximum absolute atomic E-state index is 12.9. The van der Waals surface area contributed by atoms with Crippen molar-refractivity contribution in [2.45, 2.75) is 12.8 Å². The average molecular weight is 447 g/mol. The molecule has 3 heterocycles. The summed E-state index contributed by atoms with van der Waals surface area (Å²) >= 11 is 0. The van der Waals surface area contributed by atoms with Gasteiger partial charge in [-0.15, -0.1) is 0 Å². The molecule has 33 heavy (non-hydrogen) atoms. The number of carbonyl (C=O) groups excluding carboxylic acids is 2. The normalized spacial score (nSPS) is 15.8. The van der Waals surface area contributed by atoms with Crippen molar-refractivity contribution in [3.8, 4) is 34.0 Å². The van der Waals surface area contributed by atoms with Gasteiger partial charge < -0.3 is 19.1 Å². The molecule has 170 valence electrons. The molecule has 8 heteroatoms. The Balaban J connectivity index is 1.29. The van der Waals surface area contributed by atoms with E-state index >= 15 is 0 Å². The Kier molecular flexibility index (Phi) is 5.73. The number of nitrogens with one attached hydrogen (secondary N) is 1. The van der Waals surface area contributed by atoms with E-state index in [4.69, 9.17) is 14.2 Å². The van der Waals surface area contributed by atoms with Crippen LogP contribution in [0.15, 0.2) is 48.5 Å². The van der Waals surface area contributed by atoms with Crippen LogP contribution in [0.4, 0.5) is 0 Å². The average Bonchev–Trinajstić information content (AvgIpc) is 3.38. The molecule has 0 unspecified atom stereocenters.